The fourth-order valence-electron chi connectivity index (χ4n) is 5.05. The molecule has 4 heterocycles. The summed E-state index contributed by atoms with van der Waals surface area (Å²) in [6.07, 6.45) is 5.19. The summed E-state index contributed by atoms with van der Waals surface area (Å²) in [5, 5.41) is 12.0. The molecule has 6 rings (SSSR count). The van der Waals surface area contributed by atoms with Crippen LogP contribution in [0.1, 0.15) is 29.2 Å². The molecule has 10 nitrogen and oxygen atoms in total. The molecule has 1 aliphatic carbocycles. The van der Waals surface area contributed by atoms with Gasteiger partial charge in [0.1, 0.15) is 23.7 Å². The molecule has 1 saturated heterocycles. The number of carbonyl (C=O) groups excluding carboxylic acids is 1. The third kappa shape index (κ3) is 3.34. The summed E-state index contributed by atoms with van der Waals surface area (Å²) >= 11 is 0. The van der Waals surface area contributed by atoms with Crippen molar-refractivity contribution in [2.45, 2.75) is 24.9 Å². The lowest BCUT2D eigenvalue weighted by atomic mass is 10.1. The highest BCUT2D eigenvalue weighted by Crippen LogP contribution is 2.41. The lowest BCUT2D eigenvalue weighted by molar-refractivity contribution is 0.102. The van der Waals surface area contributed by atoms with Crippen LogP contribution in [0.2, 0.25) is 0 Å². The van der Waals surface area contributed by atoms with E-state index in [9.17, 15) is 4.79 Å². The van der Waals surface area contributed by atoms with E-state index in [0.29, 0.717) is 40.5 Å². The summed E-state index contributed by atoms with van der Waals surface area (Å²) in [7, 11) is 0. The fraction of sp³-hybridized carbons (Fsp3) is 0.250. The van der Waals surface area contributed by atoms with Crippen LogP contribution >= 0.6 is 0 Å². The van der Waals surface area contributed by atoms with Crippen molar-refractivity contribution in [1.29, 1.82) is 0 Å². The van der Waals surface area contributed by atoms with Crippen LogP contribution in [0.4, 0.5) is 17.3 Å². The number of rotatable bonds is 4. The van der Waals surface area contributed by atoms with Crippen molar-refractivity contribution in [3.8, 4) is 11.3 Å². The number of hydrogen-bond acceptors (Lipinski definition) is 7. The van der Waals surface area contributed by atoms with Gasteiger partial charge >= 0.3 is 0 Å². The van der Waals surface area contributed by atoms with Gasteiger partial charge in [0.2, 0.25) is 0 Å². The van der Waals surface area contributed by atoms with Crippen molar-refractivity contribution in [1.82, 2.24) is 30.0 Å². The van der Waals surface area contributed by atoms with Crippen molar-refractivity contribution in [2.24, 2.45) is 5.92 Å². The number of fused-ring (bicyclic) bond motifs is 3. The van der Waals surface area contributed by atoms with Crippen molar-refractivity contribution >= 4 is 34.3 Å². The molecule has 3 atom stereocenters. The monoisotopic (exact) mass is 451 g/mol. The van der Waals surface area contributed by atoms with Crippen molar-refractivity contribution in [3.63, 3.8) is 0 Å². The number of anilines is 2. The number of nitrogen functional groups attached to an aromatic ring is 1. The Morgan fingerprint density at radius 1 is 1.18 bits per heavy atom. The first-order valence-electron chi connectivity index (χ1n) is 11.1. The van der Waals surface area contributed by atoms with E-state index >= 15 is 0 Å². The maximum atomic E-state index is 12.7. The standard InChI is InChI=1S/C24H21N9O/c1-26-16-6-7-27-19(10-16)31-24(34)15-4-2-14(3-5-15)21-20-22(25)29-12-30-23(20)33(32-21)18-9-13-8-17(18)28-11-13/h2-7,10,12-13,17-18,28H,8-9,11H2,(H2,25,29,30)(H,27,31,34). The Bertz CT molecular complexity index is 1450. The van der Waals surface area contributed by atoms with E-state index in [-0.39, 0.29) is 11.9 Å². The highest BCUT2D eigenvalue weighted by atomic mass is 16.1. The van der Waals surface area contributed by atoms with Crippen LogP contribution in [0, 0.1) is 12.5 Å². The zero-order valence-electron chi connectivity index (χ0n) is 18.1. The van der Waals surface area contributed by atoms with Gasteiger partial charge in [0.15, 0.2) is 11.3 Å². The minimum atomic E-state index is -0.313. The molecule has 3 unspecified atom stereocenters. The van der Waals surface area contributed by atoms with Gasteiger partial charge in [-0.3, -0.25) is 4.79 Å². The minimum Gasteiger partial charge on any atom is -0.383 e. The van der Waals surface area contributed by atoms with Gasteiger partial charge in [-0.2, -0.15) is 5.10 Å². The van der Waals surface area contributed by atoms with E-state index in [4.69, 9.17) is 17.4 Å². The van der Waals surface area contributed by atoms with E-state index in [1.807, 2.05) is 16.8 Å². The largest absolute Gasteiger partial charge is 0.383 e. The van der Waals surface area contributed by atoms with Crippen LogP contribution in [-0.2, 0) is 0 Å². The normalized spacial score (nSPS) is 21.0. The van der Waals surface area contributed by atoms with E-state index < -0.39 is 0 Å². The first-order chi connectivity index (χ1) is 16.6. The number of aromatic nitrogens is 5. The molecule has 0 spiro atoms. The number of hydrogen-bond donors (Lipinski definition) is 3. The third-order valence-electron chi connectivity index (χ3n) is 6.66. The number of benzene rings is 1. The highest BCUT2D eigenvalue weighted by Gasteiger charge is 2.42. The molecule has 1 aromatic carbocycles. The average Bonchev–Trinajstić information content (AvgIpc) is 3.59. The molecule has 34 heavy (non-hydrogen) atoms. The molecule has 10 heteroatoms. The highest BCUT2D eigenvalue weighted by molar-refractivity contribution is 6.04. The Kier molecular flexibility index (Phi) is 4.71. The molecule has 0 radical (unpaired) electrons. The topological polar surface area (TPSA) is 128 Å². The maximum absolute atomic E-state index is 12.7. The molecule has 168 valence electrons. The molecule has 2 fully saturated rings. The lowest BCUT2D eigenvalue weighted by Gasteiger charge is -2.23. The number of pyridine rings is 1. The summed E-state index contributed by atoms with van der Waals surface area (Å²) in [5.41, 5.74) is 9.39. The first kappa shape index (κ1) is 20.3. The van der Waals surface area contributed by atoms with Gasteiger partial charge in [-0.25, -0.2) is 24.5 Å². The van der Waals surface area contributed by atoms with Gasteiger partial charge < -0.3 is 16.4 Å². The van der Waals surface area contributed by atoms with Crippen molar-refractivity contribution < 1.29 is 4.79 Å². The molecule has 4 N–H and O–H groups in total. The summed E-state index contributed by atoms with van der Waals surface area (Å²) in [5.74, 6) is 1.07. The number of amides is 1. The Labute approximate surface area is 195 Å². The molecular weight excluding hydrogens is 430 g/mol. The zero-order chi connectivity index (χ0) is 23.2. The van der Waals surface area contributed by atoms with Gasteiger partial charge in [-0.15, -0.1) is 0 Å². The summed E-state index contributed by atoms with van der Waals surface area (Å²) in [6.45, 7) is 8.16. The maximum Gasteiger partial charge on any atom is 0.256 e. The Balaban J connectivity index is 1.32. The van der Waals surface area contributed by atoms with Crippen LogP contribution in [0.5, 0.6) is 0 Å². The molecule has 2 aliphatic rings. The van der Waals surface area contributed by atoms with Gasteiger partial charge in [0, 0.05) is 23.4 Å². The predicted octanol–water partition coefficient (Wildman–Crippen LogP) is 3.20. The van der Waals surface area contributed by atoms with E-state index in [1.165, 1.54) is 18.6 Å². The van der Waals surface area contributed by atoms with Crippen LogP contribution < -0.4 is 16.4 Å². The van der Waals surface area contributed by atoms with Gasteiger partial charge in [-0.05, 0) is 49.6 Å². The summed E-state index contributed by atoms with van der Waals surface area (Å²) in [4.78, 5) is 28.8. The molecule has 3 aromatic heterocycles. The van der Waals surface area contributed by atoms with Crippen LogP contribution in [0.15, 0.2) is 48.9 Å². The fourth-order valence-corrected chi connectivity index (χ4v) is 5.05. The number of piperidine rings is 1. The van der Waals surface area contributed by atoms with Crippen molar-refractivity contribution in [3.05, 3.63) is 65.9 Å². The molecule has 2 bridgehead atoms. The summed E-state index contributed by atoms with van der Waals surface area (Å²) < 4.78 is 2.00. The SMILES string of the molecule is [C-]#[N+]c1ccnc(NC(=O)c2ccc(-c3nn(C4CC5CNC4C5)c4ncnc(N)c34)cc2)c1. The number of carbonyl (C=O) groups is 1. The number of nitrogens with one attached hydrogen (secondary N) is 2. The van der Waals surface area contributed by atoms with E-state index in [2.05, 4.69) is 30.4 Å². The second kappa shape index (κ2) is 7.90. The second-order valence-corrected chi connectivity index (χ2v) is 8.71. The molecule has 4 aromatic rings. The van der Waals surface area contributed by atoms with E-state index in [1.54, 1.807) is 18.2 Å². The Morgan fingerprint density at radius 3 is 2.76 bits per heavy atom. The van der Waals surface area contributed by atoms with Gasteiger partial charge in [-0.1, -0.05) is 12.1 Å². The Morgan fingerprint density at radius 2 is 2.03 bits per heavy atom. The quantitative estimate of drug-likeness (QED) is 0.407. The second-order valence-electron chi connectivity index (χ2n) is 8.71. The number of nitrogens with zero attached hydrogens (tertiary/aromatic N) is 6. The van der Waals surface area contributed by atoms with Gasteiger partial charge in [0.25, 0.3) is 5.91 Å². The van der Waals surface area contributed by atoms with Crippen LogP contribution in [0.25, 0.3) is 27.1 Å². The molecular formula is C24H21N9O. The zero-order valence-corrected chi connectivity index (χ0v) is 18.1. The average molecular weight is 451 g/mol. The lowest BCUT2D eigenvalue weighted by Crippen LogP contribution is -2.35. The molecule has 1 aliphatic heterocycles. The van der Waals surface area contributed by atoms with Crippen molar-refractivity contribution in [2.75, 3.05) is 17.6 Å². The van der Waals surface area contributed by atoms with Crippen LogP contribution in [0.3, 0.4) is 0 Å². The first-order valence-corrected chi connectivity index (χ1v) is 11.1. The van der Waals surface area contributed by atoms with Gasteiger partial charge in [0.05, 0.1) is 18.0 Å². The van der Waals surface area contributed by atoms with E-state index in [0.717, 1.165) is 36.0 Å². The molecule has 1 amide bonds. The predicted molar refractivity (Wildman–Crippen MR) is 127 cm³/mol. The number of nitrogens with two attached hydrogens (primary N) is 1. The smallest absolute Gasteiger partial charge is 0.256 e. The third-order valence-corrected chi connectivity index (χ3v) is 6.66. The van der Waals surface area contributed by atoms with Crippen LogP contribution in [-0.4, -0.2) is 43.2 Å². The Hall–Kier alpha value is -4.36. The summed E-state index contributed by atoms with van der Waals surface area (Å²) in [6, 6.07) is 10.9. The minimum absolute atomic E-state index is 0.230. The molecule has 1 saturated carbocycles.